The predicted octanol–water partition coefficient (Wildman–Crippen LogP) is 5.69. The Morgan fingerprint density at radius 2 is 1.82 bits per heavy atom. The third kappa shape index (κ3) is 5.85. The van der Waals surface area contributed by atoms with Crippen LogP contribution in [0, 0.1) is 12.7 Å². The van der Waals surface area contributed by atoms with Crippen molar-refractivity contribution in [3.05, 3.63) is 53.1 Å². The van der Waals surface area contributed by atoms with Crippen molar-refractivity contribution in [2.24, 2.45) is 4.99 Å². The van der Waals surface area contributed by atoms with Crippen molar-refractivity contribution in [3.63, 3.8) is 0 Å². The number of hydrogen-bond donors (Lipinski definition) is 1. The Kier molecular flexibility index (Phi) is 6.58. The molecule has 11 heteroatoms. The van der Waals surface area contributed by atoms with Gasteiger partial charge in [0.15, 0.2) is 0 Å². The number of benzene rings is 1. The molecule has 0 saturated carbocycles. The van der Waals surface area contributed by atoms with Crippen molar-refractivity contribution < 1.29 is 30.7 Å². The molecule has 0 atom stereocenters. The van der Waals surface area contributed by atoms with E-state index >= 15 is 0 Å². The van der Waals surface area contributed by atoms with E-state index in [1.165, 1.54) is 20.0 Å². The summed E-state index contributed by atoms with van der Waals surface area (Å²) in [5, 5.41) is 2.60. The van der Waals surface area contributed by atoms with Crippen LogP contribution in [0.1, 0.15) is 16.8 Å². The molecule has 0 bridgehead atoms. The Bertz CT molecular complexity index is 859. The Hall–Kier alpha value is -2.30. The van der Waals surface area contributed by atoms with Crippen LogP contribution < -0.4 is 5.32 Å². The van der Waals surface area contributed by atoms with Crippen molar-refractivity contribution in [2.75, 3.05) is 18.1 Å². The monoisotopic (exact) mass is 425 g/mol. The number of rotatable bonds is 4. The lowest BCUT2D eigenvalue weighted by Crippen LogP contribution is -2.16. The topological polar surface area (TPSA) is 37.3 Å². The van der Waals surface area contributed by atoms with Crippen molar-refractivity contribution in [3.8, 4) is 0 Å². The molecule has 152 valence electrons. The molecule has 0 amide bonds. The van der Waals surface area contributed by atoms with Gasteiger partial charge in [0.2, 0.25) is 0 Å². The molecular formula is C17H14F7N3S. The van der Waals surface area contributed by atoms with Gasteiger partial charge in [-0.1, -0.05) is 0 Å². The number of thioether (sulfide) groups is 1. The number of aryl methyl sites for hydroxylation is 1. The molecule has 2 aromatic rings. The highest BCUT2D eigenvalue weighted by Crippen LogP contribution is 2.33. The molecule has 0 unspecified atom stereocenters. The molecule has 0 fully saturated rings. The Morgan fingerprint density at radius 1 is 1.14 bits per heavy atom. The van der Waals surface area contributed by atoms with Crippen molar-refractivity contribution in [1.82, 2.24) is 4.98 Å². The van der Waals surface area contributed by atoms with Crippen LogP contribution in [0.15, 0.2) is 40.4 Å². The number of alkyl halides is 6. The molecule has 2 rings (SSSR count). The van der Waals surface area contributed by atoms with E-state index in [2.05, 4.69) is 15.3 Å². The first-order valence-electron chi connectivity index (χ1n) is 7.68. The maximum Gasteiger partial charge on any atom is 0.433 e. The van der Waals surface area contributed by atoms with Gasteiger partial charge in [-0.05, 0) is 36.8 Å². The molecule has 1 heterocycles. The molecule has 0 aliphatic rings. The van der Waals surface area contributed by atoms with Gasteiger partial charge >= 0.3 is 12.4 Å². The zero-order valence-electron chi connectivity index (χ0n) is 14.5. The van der Waals surface area contributed by atoms with Crippen LogP contribution in [-0.2, 0) is 6.18 Å². The summed E-state index contributed by atoms with van der Waals surface area (Å²) < 4.78 is 89.3. The van der Waals surface area contributed by atoms with Crippen LogP contribution in [-0.4, -0.2) is 29.8 Å². The fraction of sp³-hybridized carbons (Fsp3) is 0.294. The molecule has 1 aromatic carbocycles. The van der Waals surface area contributed by atoms with E-state index < -0.39 is 29.6 Å². The second kappa shape index (κ2) is 8.38. The molecule has 1 N–H and O–H groups in total. The average Bonchev–Trinajstić information content (AvgIpc) is 2.59. The second-order valence-electron chi connectivity index (χ2n) is 5.63. The summed E-state index contributed by atoms with van der Waals surface area (Å²) in [7, 11) is 1.32. The van der Waals surface area contributed by atoms with Gasteiger partial charge in [-0.25, -0.2) is 4.39 Å². The zero-order chi connectivity index (χ0) is 21.1. The molecule has 0 spiro atoms. The minimum absolute atomic E-state index is 0.00995. The Labute approximate surface area is 160 Å². The standard InChI is InChI=1S/C17H14F7N3S/c1-9-5-11(18)12(6-13(9)28-8-16(19,20)21)27-15(25-2)10-3-4-14(26-7-10)17(22,23)24/h3-7H,8H2,1-2H3,(H,25,27). The largest absolute Gasteiger partial charge is 0.433 e. The van der Waals surface area contributed by atoms with Gasteiger partial charge in [0.05, 0.1) is 11.4 Å². The highest BCUT2D eigenvalue weighted by atomic mass is 32.2. The van der Waals surface area contributed by atoms with Crippen LogP contribution >= 0.6 is 11.8 Å². The lowest BCUT2D eigenvalue weighted by Gasteiger charge is -2.14. The third-order valence-corrected chi connectivity index (χ3v) is 4.68. The van der Waals surface area contributed by atoms with Gasteiger partial charge in [-0.3, -0.25) is 9.98 Å². The SMILES string of the molecule is CN=C(Nc1cc(SCC(F)(F)F)c(C)cc1F)c1ccc(C(F)(F)F)nc1. The van der Waals surface area contributed by atoms with Gasteiger partial charge in [0, 0.05) is 23.7 Å². The molecule has 0 aliphatic carbocycles. The lowest BCUT2D eigenvalue weighted by atomic mass is 10.2. The fourth-order valence-corrected chi connectivity index (χ4v) is 2.96. The van der Waals surface area contributed by atoms with E-state index in [4.69, 9.17) is 0 Å². The molecule has 3 nitrogen and oxygen atoms in total. The van der Waals surface area contributed by atoms with Gasteiger partial charge in [0.25, 0.3) is 0 Å². The molecule has 0 saturated heterocycles. The third-order valence-electron chi connectivity index (χ3n) is 3.46. The summed E-state index contributed by atoms with van der Waals surface area (Å²) in [4.78, 5) is 7.37. The summed E-state index contributed by atoms with van der Waals surface area (Å²) in [6.07, 6.45) is -8.08. The fourth-order valence-electron chi connectivity index (χ4n) is 2.15. The van der Waals surface area contributed by atoms with Crippen molar-refractivity contribution in [1.29, 1.82) is 0 Å². The number of aliphatic imine (C=N–C) groups is 1. The number of nitrogens with one attached hydrogen (secondary N) is 1. The summed E-state index contributed by atoms with van der Waals surface area (Å²) in [6, 6.07) is 4.12. The van der Waals surface area contributed by atoms with Crippen LogP contribution in [0.25, 0.3) is 0 Å². The first kappa shape index (κ1) is 22.0. The molecule has 28 heavy (non-hydrogen) atoms. The van der Waals surface area contributed by atoms with Gasteiger partial charge in [-0.2, -0.15) is 26.3 Å². The Balaban J connectivity index is 2.27. The Morgan fingerprint density at radius 3 is 2.32 bits per heavy atom. The van der Waals surface area contributed by atoms with Crippen LogP contribution in [0.2, 0.25) is 0 Å². The minimum atomic E-state index is -4.61. The summed E-state index contributed by atoms with van der Waals surface area (Å²) in [6.45, 7) is 1.47. The maximum absolute atomic E-state index is 14.2. The average molecular weight is 425 g/mol. The predicted molar refractivity (Wildman–Crippen MR) is 93.2 cm³/mol. The van der Waals surface area contributed by atoms with Crippen LogP contribution in [0.4, 0.5) is 36.4 Å². The number of aromatic nitrogens is 1. The number of anilines is 1. The number of hydrogen-bond acceptors (Lipinski definition) is 3. The van der Waals surface area contributed by atoms with Gasteiger partial charge in [-0.15, -0.1) is 11.8 Å². The van der Waals surface area contributed by atoms with Crippen LogP contribution in [0.5, 0.6) is 0 Å². The number of pyridine rings is 1. The summed E-state index contributed by atoms with van der Waals surface area (Å²) >= 11 is 0.503. The first-order chi connectivity index (χ1) is 12.9. The number of amidine groups is 1. The minimum Gasteiger partial charge on any atom is -0.338 e. The van der Waals surface area contributed by atoms with E-state index in [-0.39, 0.29) is 22.0 Å². The van der Waals surface area contributed by atoms with E-state index in [0.29, 0.717) is 17.3 Å². The maximum atomic E-state index is 14.2. The highest BCUT2D eigenvalue weighted by Gasteiger charge is 2.32. The van der Waals surface area contributed by atoms with E-state index in [1.807, 2.05) is 0 Å². The highest BCUT2D eigenvalue weighted by molar-refractivity contribution is 7.99. The zero-order valence-corrected chi connectivity index (χ0v) is 15.4. The lowest BCUT2D eigenvalue weighted by molar-refractivity contribution is -0.141. The van der Waals surface area contributed by atoms with Crippen molar-refractivity contribution in [2.45, 2.75) is 24.2 Å². The smallest absolute Gasteiger partial charge is 0.338 e. The van der Waals surface area contributed by atoms with E-state index in [1.54, 1.807) is 0 Å². The van der Waals surface area contributed by atoms with Gasteiger partial charge in [0.1, 0.15) is 17.3 Å². The number of halogens is 7. The summed E-state index contributed by atoms with van der Waals surface area (Å²) in [5.41, 5.74) is -0.779. The molecule has 1 aromatic heterocycles. The number of nitrogens with zero attached hydrogens (tertiary/aromatic N) is 2. The first-order valence-corrected chi connectivity index (χ1v) is 8.66. The van der Waals surface area contributed by atoms with E-state index in [9.17, 15) is 30.7 Å². The second-order valence-corrected chi connectivity index (χ2v) is 6.65. The normalized spacial score (nSPS) is 13.0. The summed E-state index contributed by atoms with van der Waals surface area (Å²) in [5.74, 6) is -1.87. The molecule has 0 radical (unpaired) electrons. The van der Waals surface area contributed by atoms with Crippen LogP contribution in [0.3, 0.4) is 0 Å². The van der Waals surface area contributed by atoms with Crippen molar-refractivity contribution >= 4 is 23.3 Å². The van der Waals surface area contributed by atoms with Gasteiger partial charge < -0.3 is 5.32 Å². The quantitative estimate of drug-likeness (QED) is 0.296. The molecular weight excluding hydrogens is 411 g/mol. The molecule has 0 aliphatic heterocycles. The van der Waals surface area contributed by atoms with E-state index in [0.717, 1.165) is 24.4 Å².